The fraction of sp³-hybridized carbons (Fsp3) is 0.375. The number of anilines is 1. The highest BCUT2D eigenvalue weighted by Gasteiger charge is 2.34. The zero-order valence-electron chi connectivity index (χ0n) is 25.2. The fourth-order valence-corrected chi connectivity index (χ4v) is 6.18. The normalized spacial score (nSPS) is 12.5. The van der Waals surface area contributed by atoms with E-state index in [2.05, 4.69) is 5.32 Å². The molecule has 2 amide bonds. The van der Waals surface area contributed by atoms with Crippen LogP contribution in [0.3, 0.4) is 0 Å². The van der Waals surface area contributed by atoms with E-state index in [1.807, 2.05) is 54.5 Å². The summed E-state index contributed by atoms with van der Waals surface area (Å²) in [5.41, 5.74) is 3.25. The maximum atomic E-state index is 14.2. The third kappa shape index (κ3) is 8.27. The summed E-state index contributed by atoms with van der Waals surface area (Å²) in [5, 5.41) is 3.63. The van der Waals surface area contributed by atoms with Gasteiger partial charge >= 0.3 is 0 Å². The van der Waals surface area contributed by atoms with Gasteiger partial charge in [-0.2, -0.15) is 0 Å². The Balaban J connectivity index is 2.11. The molecule has 0 saturated carbocycles. The minimum atomic E-state index is -4.15. The number of amides is 2. The van der Waals surface area contributed by atoms with Crippen LogP contribution in [0.5, 0.6) is 0 Å². The Labute approximate surface area is 259 Å². The van der Waals surface area contributed by atoms with E-state index in [0.29, 0.717) is 27.7 Å². The van der Waals surface area contributed by atoms with E-state index in [0.717, 1.165) is 21.0 Å². The summed E-state index contributed by atoms with van der Waals surface area (Å²) < 4.78 is 29.2. The summed E-state index contributed by atoms with van der Waals surface area (Å²) in [6.45, 7) is 12.6. The smallest absolute Gasteiger partial charge is 0.264 e. The van der Waals surface area contributed by atoms with Crippen LogP contribution in [0.4, 0.5) is 5.69 Å². The first-order chi connectivity index (χ1) is 19.5. The van der Waals surface area contributed by atoms with Gasteiger partial charge in [-0.25, -0.2) is 8.42 Å². The monoisotopic (exact) mass is 631 g/mol. The molecule has 0 bridgehead atoms. The van der Waals surface area contributed by atoms with Gasteiger partial charge in [0.15, 0.2) is 0 Å². The summed E-state index contributed by atoms with van der Waals surface area (Å²) in [6, 6.07) is 15.9. The summed E-state index contributed by atoms with van der Waals surface area (Å²) in [4.78, 5) is 29.1. The largest absolute Gasteiger partial charge is 0.350 e. The van der Waals surface area contributed by atoms with Gasteiger partial charge in [-0.1, -0.05) is 60.0 Å². The lowest BCUT2D eigenvalue weighted by Crippen LogP contribution is -2.55. The molecule has 0 aliphatic carbocycles. The van der Waals surface area contributed by atoms with E-state index >= 15 is 0 Å². The Hall–Kier alpha value is -3.07. The molecule has 42 heavy (non-hydrogen) atoms. The van der Waals surface area contributed by atoms with Gasteiger partial charge in [0.05, 0.1) is 20.6 Å². The third-order valence-electron chi connectivity index (χ3n) is 6.89. The van der Waals surface area contributed by atoms with E-state index in [4.69, 9.17) is 23.2 Å². The number of carbonyl (C=O) groups is 2. The minimum Gasteiger partial charge on any atom is -0.350 e. The first kappa shape index (κ1) is 33.4. The Kier molecular flexibility index (Phi) is 10.7. The van der Waals surface area contributed by atoms with E-state index in [1.165, 1.54) is 17.0 Å². The van der Waals surface area contributed by atoms with E-state index in [9.17, 15) is 18.0 Å². The molecule has 0 heterocycles. The predicted molar refractivity (Wildman–Crippen MR) is 171 cm³/mol. The number of halogens is 2. The average molecular weight is 633 g/mol. The zero-order chi connectivity index (χ0) is 31.4. The number of hydrogen-bond acceptors (Lipinski definition) is 4. The lowest BCUT2D eigenvalue weighted by atomic mass is 10.1. The van der Waals surface area contributed by atoms with Crippen molar-refractivity contribution in [2.45, 2.75) is 77.9 Å². The van der Waals surface area contributed by atoms with Crippen molar-refractivity contribution in [1.82, 2.24) is 10.2 Å². The molecule has 3 aromatic rings. The van der Waals surface area contributed by atoms with Crippen molar-refractivity contribution < 1.29 is 18.0 Å². The Morgan fingerprint density at radius 2 is 1.52 bits per heavy atom. The van der Waals surface area contributed by atoms with Gasteiger partial charge < -0.3 is 10.2 Å². The van der Waals surface area contributed by atoms with Crippen LogP contribution >= 0.6 is 23.2 Å². The van der Waals surface area contributed by atoms with E-state index in [1.54, 1.807) is 42.5 Å². The van der Waals surface area contributed by atoms with Gasteiger partial charge in [0.2, 0.25) is 11.8 Å². The van der Waals surface area contributed by atoms with Crippen LogP contribution in [0.15, 0.2) is 65.6 Å². The number of nitrogens with zero attached hydrogens (tertiary/aromatic N) is 2. The second kappa shape index (κ2) is 13.5. The predicted octanol–water partition coefficient (Wildman–Crippen LogP) is 6.84. The quantitative estimate of drug-likeness (QED) is 0.265. The first-order valence-electron chi connectivity index (χ1n) is 13.8. The van der Waals surface area contributed by atoms with Crippen molar-refractivity contribution in [1.29, 1.82) is 0 Å². The van der Waals surface area contributed by atoms with Gasteiger partial charge in [-0.05, 0) is 101 Å². The van der Waals surface area contributed by atoms with E-state index in [-0.39, 0.29) is 17.3 Å². The molecular weight excluding hydrogens is 593 g/mol. The van der Waals surface area contributed by atoms with Gasteiger partial charge in [0.1, 0.15) is 12.6 Å². The fourth-order valence-electron chi connectivity index (χ4n) is 4.45. The minimum absolute atomic E-state index is 0.0249. The first-order valence-corrected chi connectivity index (χ1v) is 15.9. The highest BCUT2D eigenvalue weighted by Crippen LogP contribution is 2.28. The van der Waals surface area contributed by atoms with Crippen molar-refractivity contribution in [2.24, 2.45) is 0 Å². The number of carbonyl (C=O) groups excluding carboxylic acids is 2. The second-order valence-corrected chi connectivity index (χ2v) is 14.2. The third-order valence-corrected chi connectivity index (χ3v) is 9.41. The van der Waals surface area contributed by atoms with Crippen LogP contribution in [-0.4, -0.2) is 43.3 Å². The summed E-state index contributed by atoms with van der Waals surface area (Å²) in [6.07, 6.45) is 0.309. The van der Waals surface area contributed by atoms with Gasteiger partial charge in [0, 0.05) is 12.1 Å². The zero-order valence-corrected chi connectivity index (χ0v) is 27.5. The molecule has 10 heteroatoms. The van der Waals surface area contributed by atoms with Crippen LogP contribution in [0.25, 0.3) is 0 Å². The topological polar surface area (TPSA) is 86.8 Å². The molecule has 0 aromatic heterocycles. The Morgan fingerprint density at radius 1 is 0.881 bits per heavy atom. The molecule has 0 saturated heterocycles. The molecule has 0 radical (unpaired) electrons. The number of rotatable bonds is 10. The van der Waals surface area contributed by atoms with Crippen molar-refractivity contribution >= 4 is 50.7 Å². The number of nitrogens with one attached hydrogen (secondary N) is 1. The molecule has 1 atom stereocenters. The average Bonchev–Trinajstić information content (AvgIpc) is 2.90. The Morgan fingerprint density at radius 3 is 2.07 bits per heavy atom. The second-order valence-electron chi connectivity index (χ2n) is 11.5. The lowest BCUT2D eigenvalue weighted by Gasteiger charge is -2.35. The molecule has 1 N–H and O–H groups in total. The summed E-state index contributed by atoms with van der Waals surface area (Å²) >= 11 is 12.4. The van der Waals surface area contributed by atoms with Crippen molar-refractivity contribution in [3.63, 3.8) is 0 Å². The maximum absolute atomic E-state index is 14.2. The van der Waals surface area contributed by atoms with Crippen molar-refractivity contribution in [3.05, 3.63) is 93.0 Å². The molecule has 0 spiro atoms. The molecule has 3 aromatic carbocycles. The summed E-state index contributed by atoms with van der Waals surface area (Å²) in [7, 11) is -4.15. The van der Waals surface area contributed by atoms with Gasteiger partial charge in [0.25, 0.3) is 10.0 Å². The molecule has 0 fully saturated rings. The molecule has 3 rings (SSSR count). The van der Waals surface area contributed by atoms with Crippen molar-refractivity contribution in [3.8, 4) is 0 Å². The number of benzene rings is 3. The standard InChI is InChI=1S/C32H39Cl2N3O4S/c1-8-29(31(39)35-32(5,6)7)36(19-24-12-16-27(33)28(34)18-24)30(38)20-37(25-13-11-22(3)23(4)17-25)42(40,41)26-14-9-21(2)10-15-26/h9-18,29H,8,19-20H2,1-7H3,(H,35,39). The maximum Gasteiger partial charge on any atom is 0.264 e. The number of aryl methyl sites for hydroxylation is 3. The number of sulfonamides is 1. The summed E-state index contributed by atoms with van der Waals surface area (Å²) in [5.74, 6) is -0.872. The highest BCUT2D eigenvalue weighted by molar-refractivity contribution is 7.92. The van der Waals surface area contributed by atoms with Crippen LogP contribution in [0.2, 0.25) is 10.0 Å². The lowest BCUT2D eigenvalue weighted by molar-refractivity contribution is -0.141. The van der Waals surface area contributed by atoms with Crippen LogP contribution in [-0.2, 0) is 26.2 Å². The molecule has 1 unspecified atom stereocenters. The van der Waals surface area contributed by atoms with Crippen LogP contribution in [0.1, 0.15) is 56.4 Å². The van der Waals surface area contributed by atoms with Crippen LogP contribution < -0.4 is 9.62 Å². The van der Waals surface area contributed by atoms with Crippen LogP contribution in [0, 0.1) is 20.8 Å². The molecular formula is C32H39Cl2N3O4S. The highest BCUT2D eigenvalue weighted by atomic mass is 35.5. The van der Waals surface area contributed by atoms with Crippen molar-refractivity contribution in [2.75, 3.05) is 10.8 Å². The molecule has 0 aliphatic heterocycles. The van der Waals surface area contributed by atoms with E-state index < -0.39 is 34.1 Å². The van der Waals surface area contributed by atoms with Gasteiger partial charge in [-0.15, -0.1) is 0 Å². The Bertz CT molecular complexity index is 1550. The molecule has 226 valence electrons. The molecule has 0 aliphatic rings. The molecule has 7 nitrogen and oxygen atoms in total. The number of hydrogen-bond donors (Lipinski definition) is 1. The SMILES string of the molecule is CCC(C(=O)NC(C)(C)C)N(Cc1ccc(Cl)c(Cl)c1)C(=O)CN(c1ccc(C)c(C)c1)S(=O)(=O)c1ccc(C)cc1. The van der Waals surface area contributed by atoms with Gasteiger partial charge in [-0.3, -0.25) is 13.9 Å².